The van der Waals surface area contributed by atoms with Gasteiger partial charge in [0.25, 0.3) is 17.7 Å². The predicted octanol–water partition coefficient (Wildman–Crippen LogP) is 1.52. The zero-order valence-electron chi connectivity index (χ0n) is 15.8. The van der Waals surface area contributed by atoms with Crippen LogP contribution in [0.4, 0.5) is 10.5 Å². The van der Waals surface area contributed by atoms with Crippen molar-refractivity contribution in [2.75, 3.05) is 18.6 Å². The molecule has 2 N–H and O–H groups in total. The van der Waals surface area contributed by atoms with Gasteiger partial charge in [0.15, 0.2) is 0 Å². The molecule has 29 heavy (non-hydrogen) atoms. The highest BCUT2D eigenvalue weighted by atomic mass is 16.2. The van der Waals surface area contributed by atoms with Gasteiger partial charge >= 0.3 is 6.03 Å². The minimum absolute atomic E-state index is 0.214. The van der Waals surface area contributed by atoms with Crippen LogP contribution in [0.1, 0.15) is 32.7 Å². The van der Waals surface area contributed by atoms with Crippen molar-refractivity contribution in [1.82, 2.24) is 15.5 Å². The SMILES string of the molecule is CNC(=O)NC1CCc2ccccc2N(CN2C(=O)c3ccccc3C2=O)C1=O. The number of amides is 5. The van der Waals surface area contributed by atoms with E-state index in [9.17, 15) is 19.2 Å². The summed E-state index contributed by atoms with van der Waals surface area (Å²) in [5.41, 5.74) is 2.20. The number of anilines is 1. The monoisotopic (exact) mass is 392 g/mol. The van der Waals surface area contributed by atoms with Crippen LogP contribution in [0.25, 0.3) is 0 Å². The number of carbonyl (C=O) groups is 4. The predicted molar refractivity (Wildman–Crippen MR) is 105 cm³/mol. The van der Waals surface area contributed by atoms with E-state index < -0.39 is 23.9 Å². The molecule has 1 atom stereocenters. The van der Waals surface area contributed by atoms with Crippen molar-refractivity contribution >= 4 is 29.4 Å². The smallest absolute Gasteiger partial charge is 0.315 e. The molecule has 148 valence electrons. The third-order valence-corrected chi connectivity index (χ3v) is 5.24. The van der Waals surface area contributed by atoms with Gasteiger partial charge in [-0.15, -0.1) is 0 Å². The lowest BCUT2D eigenvalue weighted by Crippen LogP contribution is -2.53. The summed E-state index contributed by atoms with van der Waals surface area (Å²) >= 11 is 0. The molecule has 1 unspecified atom stereocenters. The van der Waals surface area contributed by atoms with Crippen LogP contribution < -0.4 is 15.5 Å². The van der Waals surface area contributed by atoms with Crippen LogP contribution in [0.15, 0.2) is 48.5 Å². The first kappa shape index (κ1) is 18.7. The molecule has 0 radical (unpaired) electrons. The molecule has 4 rings (SSSR count). The standard InChI is InChI=1S/C21H20N4O4/c1-22-21(29)23-16-11-10-13-6-2-5-9-17(13)24(20(16)28)12-25-18(26)14-7-3-4-8-15(14)19(25)27/h2-9,16H,10-12H2,1H3,(H2,22,23,29). The van der Waals surface area contributed by atoms with Gasteiger partial charge in [-0.2, -0.15) is 0 Å². The molecule has 5 amide bonds. The number of nitrogens with zero attached hydrogens (tertiary/aromatic N) is 2. The number of hydrogen-bond donors (Lipinski definition) is 2. The van der Waals surface area contributed by atoms with Gasteiger partial charge in [0.1, 0.15) is 12.7 Å². The number of hydrogen-bond acceptors (Lipinski definition) is 4. The third kappa shape index (κ3) is 3.22. The van der Waals surface area contributed by atoms with Crippen molar-refractivity contribution in [3.63, 3.8) is 0 Å². The van der Waals surface area contributed by atoms with Crippen LogP contribution in [-0.4, -0.2) is 48.4 Å². The van der Waals surface area contributed by atoms with Gasteiger partial charge < -0.3 is 10.6 Å². The molecule has 0 fully saturated rings. The fourth-order valence-corrected chi connectivity index (χ4v) is 3.73. The molecule has 2 aromatic carbocycles. The molecule has 0 saturated carbocycles. The van der Waals surface area contributed by atoms with Gasteiger partial charge in [-0.1, -0.05) is 30.3 Å². The summed E-state index contributed by atoms with van der Waals surface area (Å²) in [6.07, 6.45) is 0.997. The number of fused-ring (bicyclic) bond motifs is 2. The Morgan fingerprint density at radius 2 is 1.59 bits per heavy atom. The average molecular weight is 392 g/mol. The van der Waals surface area contributed by atoms with Crippen molar-refractivity contribution < 1.29 is 19.2 Å². The summed E-state index contributed by atoms with van der Waals surface area (Å²) in [6.45, 7) is -0.214. The molecule has 0 bridgehead atoms. The lowest BCUT2D eigenvalue weighted by molar-refractivity contribution is -0.120. The van der Waals surface area contributed by atoms with Crippen molar-refractivity contribution in [3.05, 3.63) is 65.2 Å². The maximum Gasteiger partial charge on any atom is 0.315 e. The number of benzene rings is 2. The van der Waals surface area contributed by atoms with Crippen LogP contribution in [0.5, 0.6) is 0 Å². The number of urea groups is 1. The molecule has 0 aliphatic carbocycles. The summed E-state index contributed by atoms with van der Waals surface area (Å²) in [7, 11) is 1.47. The summed E-state index contributed by atoms with van der Waals surface area (Å²) in [5.74, 6) is -1.23. The number of imide groups is 1. The van der Waals surface area contributed by atoms with Crippen LogP contribution >= 0.6 is 0 Å². The molecular formula is C21H20N4O4. The fraction of sp³-hybridized carbons (Fsp3) is 0.238. The Balaban J connectivity index is 1.68. The van der Waals surface area contributed by atoms with E-state index in [0.717, 1.165) is 10.5 Å². The first-order chi connectivity index (χ1) is 14.0. The molecule has 8 heteroatoms. The maximum atomic E-state index is 13.3. The molecule has 0 aromatic heterocycles. The van der Waals surface area contributed by atoms with Gasteiger partial charge in [-0.25, -0.2) is 4.79 Å². The topological polar surface area (TPSA) is 98.8 Å². The summed E-state index contributed by atoms with van der Waals surface area (Å²) in [5, 5.41) is 5.11. The number of aryl methyl sites for hydroxylation is 1. The van der Waals surface area contributed by atoms with E-state index in [1.807, 2.05) is 12.1 Å². The van der Waals surface area contributed by atoms with Crippen LogP contribution in [0, 0.1) is 0 Å². The summed E-state index contributed by atoms with van der Waals surface area (Å²) < 4.78 is 0. The molecule has 2 heterocycles. The highest BCUT2D eigenvalue weighted by Gasteiger charge is 2.39. The highest BCUT2D eigenvalue weighted by molar-refractivity contribution is 6.21. The van der Waals surface area contributed by atoms with Crippen molar-refractivity contribution in [3.8, 4) is 0 Å². The average Bonchev–Trinajstić information content (AvgIpc) is 2.90. The zero-order valence-corrected chi connectivity index (χ0v) is 15.8. The van der Waals surface area contributed by atoms with E-state index in [4.69, 9.17) is 0 Å². The summed E-state index contributed by atoms with van der Waals surface area (Å²) in [4.78, 5) is 53.1. The molecule has 2 aromatic rings. The highest BCUT2D eigenvalue weighted by Crippen LogP contribution is 2.29. The van der Waals surface area contributed by atoms with Gasteiger partial charge in [0.2, 0.25) is 0 Å². The van der Waals surface area contributed by atoms with Crippen molar-refractivity contribution in [1.29, 1.82) is 0 Å². The second-order valence-electron chi connectivity index (χ2n) is 6.94. The van der Waals surface area contributed by atoms with Crippen LogP contribution in [0.2, 0.25) is 0 Å². The van der Waals surface area contributed by atoms with Crippen molar-refractivity contribution in [2.24, 2.45) is 0 Å². The lowest BCUT2D eigenvalue weighted by Gasteiger charge is -2.29. The molecule has 0 spiro atoms. The Morgan fingerprint density at radius 1 is 0.966 bits per heavy atom. The van der Waals surface area contributed by atoms with Gasteiger partial charge in [-0.05, 0) is 36.6 Å². The molecular weight excluding hydrogens is 372 g/mol. The Hall–Kier alpha value is -3.68. The lowest BCUT2D eigenvalue weighted by atomic mass is 10.1. The van der Waals surface area contributed by atoms with Crippen LogP contribution in [-0.2, 0) is 11.2 Å². The minimum Gasteiger partial charge on any atom is -0.341 e. The third-order valence-electron chi connectivity index (χ3n) is 5.24. The van der Waals surface area contributed by atoms with Gasteiger partial charge in [0.05, 0.1) is 11.1 Å². The maximum absolute atomic E-state index is 13.3. The largest absolute Gasteiger partial charge is 0.341 e. The normalized spacial score (nSPS) is 18.2. The summed E-state index contributed by atoms with van der Waals surface area (Å²) in [6, 6.07) is 12.7. The first-order valence-electron chi connectivity index (χ1n) is 9.34. The molecule has 2 aliphatic heterocycles. The second kappa shape index (κ2) is 7.38. The van der Waals surface area contributed by atoms with Gasteiger partial charge in [0, 0.05) is 12.7 Å². The van der Waals surface area contributed by atoms with E-state index in [1.54, 1.807) is 36.4 Å². The Kier molecular flexibility index (Phi) is 4.75. The Morgan fingerprint density at radius 3 is 2.24 bits per heavy atom. The number of para-hydroxylation sites is 1. The van der Waals surface area contributed by atoms with E-state index in [1.165, 1.54) is 11.9 Å². The molecule has 2 aliphatic rings. The number of nitrogens with one attached hydrogen (secondary N) is 2. The van der Waals surface area contributed by atoms with E-state index in [-0.39, 0.29) is 12.6 Å². The Bertz CT molecular complexity index is 984. The quantitative estimate of drug-likeness (QED) is 0.774. The number of carbonyl (C=O) groups excluding carboxylic acids is 4. The van der Waals surface area contributed by atoms with E-state index in [0.29, 0.717) is 29.7 Å². The molecule has 8 nitrogen and oxygen atoms in total. The first-order valence-corrected chi connectivity index (χ1v) is 9.34. The second-order valence-corrected chi connectivity index (χ2v) is 6.94. The molecule has 0 saturated heterocycles. The minimum atomic E-state index is -0.766. The Labute approximate surface area is 167 Å². The zero-order chi connectivity index (χ0) is 20.5. The number of rotatable bonds is 3. The van der Waals surface area contributed by atoms with Gasteiger partial charge in [-0.3, -0.25) is 24.2 Å². The van der Waals surface area contributed by atoms with E-state index >= 15 is 0 Å². The van der Waals surface area contributed by atoms with Crippen molar-refractivity contribution in [2.45, 2.75) is 18.9 Å². The fourth-order valence-electron chi connectivity index (χ4n) is 3.73. The van der Waals surface area contributed by atoms with Crippen LogP contribution in [0.3, 0.4) is 0 Å². The van der Waals surface area contributed by atoms with E-state index in [2.05, 4.69) is 10.6 Å².